The number of halogens is 2. The number of aromatic nitrogens is 3. The van der Waals surface area contributed by atoms with Gasteiger partial charge in [0.15, 0.2) is 5.82 Å². The van der Waals surface area contributed by atoms with Gasteiger partial charge in [0.25, 0.3) is 5.91 Å². The van der Waals surface area contributed by atoms with Crippen molar-refractivity contribution >= 4 is 29.3 Å². The lowest BCUT2D eigenvalue weighted by Gasteiger charge is -2.35. The maximum Gasteiger partial charge on any atom is 0.338 e. The van der Waals surface area contributed by atoms with Gasteiger partial charge in [0, 0.05) is 44.2 Å². The van der Waals surface area contributed by atoms with E-state index < -0.39 is 11.8 Å². The molecule has 0 saturated heterocycles. The Bertz CT molecular complexity index is 1300. The molecule has 36 heavy (non-hydrogen) atoms. The zero-order chi connectivity index (χ0) is 26.0. The molecule has 1 aromatic carbocycles. The molecular weight excluding hydrogens is 489 g/mol. The molecule has 0 saturated carbocycles. The largest absolute Gasteiger partial charge is 0.465 e. The van der Waals surface area contributed by atoms with Gasteiger partial charge in [-0.3, -0.25) is 4.79 Å². The van der Waals surface area contributed by atoms with Crippen LogP contribution in [0.3, 0.4) is 0 Å². The summed E-state index contributed by atoms with van der Waals surface area (Å²) in [4.78, 5) is 36.3. The molecule has 0 radical (unpaired) electrons. The predicted molar refractivity (Wildman–Crippen MR) is 133 cm³/mol. The number of anilines is 1. The van der Waals surface area contributed by atoms with Gasteiger partial charge in [0.2, 0.25) is 0 Å². The van der Waals surface area contributed by atoms with Crippen molar-refractivity contribution in [2.45, 2.75) is 39.0 Å². The number of rotatable bonds is 8. The lowest BCUT2D eigenvalue weighted by molar-refractivity contribution is 0.0374. The molecule has 190 valence electrons. The number of nitrogens with zero attached hydrogens (tertiary/aromatic N) is 4. The third kappa shape index (κ3) is 5.19. The molecule has 11 heteroatoms. The molecule has 1 aliphatic rings. The number of pyridine rings is 1. The van der Waals surface area contributed by atoms with E-state index in [0.717, 1.165) is 0 Å². The minimum absolute atomic E-state index is 0.0181. The van der Waals surface area contributed by atoms with Crippen molar-refractivity contribution in [2.75, 3.05) is 26.1 Å². The SMILES string of the molecule is COC[C@H]1Cn2cc(-c3cc(NC(C)C)ncc3Cl)nc2C(=O)N1Cc1cc(F)ccc1C(=O)OC. The fourth-order valence-electron chi connectivity index (χ4n) is 4.21. The van der Waals surface area contributed by atoms with Crippen LogP contribution in [0.15, 0.2) is 36.7 Å². The molecule has 0 unspecified atom stereocenters. The second kappa shape index (κ2) is 10.6. The highest BCUT2D eigenvalue weighted by Gasteiger charge is 2.35. The van der Waals surface area contributed by atoms with Crippen molar-refractivity contribution < 1.29 is 23.5 Å². The normalized spacial score (nSPS) is 15.2. The van der Waals surface area contributed by atoms with Gasteiger partial charge >= 0.3 is 5.97 Å². The summed E-state index contributed by atoms with van der Waals surface area (Å²) >= 11 is 6.42. The Hall–Kier alpha value is -3.50. The number of fused-ring (bicyclic) bond motifs is 1. The third-order valence-electron chi connectivity index (χ3n) is 5.82. The fourth-order valence-corrected chi connectivity index (χ4v) is 4.41. The predicted octanol–water partition coefficient (Wildman–Crippen LogP) is 4.02. The number of carbonyl (C=O) groups is 2. The van der Waals surface area contributed by atoms with Gasteiger partial charge in [0.05, 0.1) is 36.0 Å². The van der Waals surface area contributed by atoms with E-state index in [0.29, 0.717) is 34.2 Å². The van der Waals surface area contributed by atoms with E-state index in [2.05, 4.69) is 15.3 Å². The van der Waals surface area contributed by atoms with E-state index in [1.807, 2.05) is 13.8 Å². The minimum Gasteiger partial charge on any atom is -0.465 e. The Balaban J connectivity index is 1.71. The van der Waals surface area contributed by atoms with E-state index in [-0.39, 0.29) is 42.5 Å². The lowest BCUT2D eigenvalue weighted by Crippen LogP contribution is -2.49. The Morgan fingerprint density at radius 3 is 2.78 bits per heavy atom. The summed E-state index contributed by atoms with van der Waals surface area (Å²) in [5.74, 6) is -0.658. The van der Waals surface area contributed by atoms with E-state index in [9.17, 15) is 14.0 Å². The molecule has 0 bridgehead atoms. The first kappa shape index (κ1) is 25.6. The summed E-state index contributed by atoms with van der Waals surface area (Å²) < 4.78 is 26.0. The number of amides is 1. The van der Waals surface area contributed by atoms with Crippen LogP contribution in [-0.4, -0.2) is 64.2 Å². The average Bonchev–Trinajstić information content (AvgIpc) is 3.26. The maximum absolute atomic E-state index is 14.1. The molecule has 3 aromatic rings. The number of esters is 1. The zero-order valence-corrected chi connectivity index (χ0v) is 21.2. The Morgan fingerprint density at radius 2 is 2.08 bits per heavy atom. The van der Waals surface area contributed by atoms with Crippen molar-refractivity contribution in [1.29, 1.82) is 0 Å². The molecule has 0 aliphatic carbocycles. The van der Waals surface area contributed by atoms with Crippen molar-refractivity contribution in [2.24, 2.45) is 0 Å². The summed E-state index contributed by atoms with van der Waals surface area (Å²) in [5.41, 5.74) is 1.68. The molecule has 1 amide bonds. The van der Waals surface area contributed by atoms with E-state index in [1.54, 1.807) is 30.1 Å². The summed E-state index contributed by atoms with van der Waals surface area (Å²) in [6.45, 7) is 4.61. The Kier molecular flexibility index (Phi) is 7.56. The maximum atomic E-state index is 14.1. The molecule has 0 fully saturated rings. The molecule has 9 nitrogen and oxygen atoms in total. The van der Waals surface area contributed by atoms with Crippen LogP contribution in [0.5, 0.6) is 0 Å². The van der Waals surface area contributed by atoms with Crippen LogP contribution in [0.2, 0.25) is 5.02 Å². The molecule has 3 heterocycles. The first-order chi connectivity index (χ1) is 17.2. The van der Waals surface area contributed by atoms with Crippen molar-refractivity contribution in [3.8, 4) is 11.3 Å². The van der Waals surface area contributed by atoms with Crippen molar-refractivity contribution in [3.63, 3.8) is 0 Å². The van der Waals surface area contributed by atoms with Crippen LogP contribution in [0.25, 0.3) is 11.3 Å². The average molecular weight is 516 g/mol. The monoisotopic (exact) mass is 515 g/mol. The summed E-state index contributed by atoms with van der Waals surface area (Å²) in [7, 11) is 2.79. The highest BCUT2D eigenvalue weighted by atomic mass is 35.5. The van der Waals surface area contributed by atoms with Crippen LogP contribution in [-0.2, 0) is 22.6 Å². The van der Waals surface area contributed by atoms with E-state index >= 15 is 0 Å². The second-order valence-electron chi connectivity index (χ2n) is 8.79. The molecule has 1 atom stereocenters. The first-order valence-corrected chi connectivity index (χ1v) is 11.8. The molecule has 1 aliphatic heterocycles. The van der Waals surface area contributed by atoms with Crippen molar-refractivity contribution in [3.05, 3.63) is 64.5 Å². The third-order valence-corrected chi connectivity index (χ3v) is 6.12. The Morgan fingerprint density at radius 1 is 1.31 bits per heavy atom. The van der Waals surface area contributed by atoms with E-state index in [1.165, 1.54) is 30.2 Å². The number of nitrogens with one attached hydrogen (secondary N) is 1. The molecule has 0 spiro atoms. The van der Waals surface area contributed by atoms with Crippen molar-refractivity contribution in [1.82, 2.24) is 19.4 Å². The second-order valence-corrected chi connectivity index (χ2v) is 9.19. The number of hydrogen-bond donors (Lipinski definition) is 1. The number of ether oxygens (including phenoxy) is 2. The first-order valence-electron chi connectivity index (χ1n) is 11.4. The number of methoxy groups -OCH3 is 2. The van der Waals surface area contributed by atoms with Crippen LogP contribution < -0.4 is 5.32 Å². The van der Waals surface area contributed by atoms with Crippen LogP contribution in [0.1, 0.15) is 40.4 Å². The van der Waals surface area contributed by atoms with E-state index in [4.69, 9.17) is 21.1 Å². The Labute approximate surface area is 213 Å². The highest BCUT2D eigenvalue weighted by molar-refractivity contribution is 6.33. The van der Waals surface area contributed by atoms with Crippen LogP contribution in [0, 0.1) is 5.82 Å². The number of benzene rings is 1. The van der Waals surface area contributed by atoms with Gasteiger partial charge in [-0.15, -0.1) is 0 Å². The van der Waals surface area contributed by atoms with Crippen LogP contribution >= 0.6 is 11.6 Å². The zero-order valence-electron chi connectivity index (χ0n) is 20.4. The van der Waals surface area contributed by atoms with Crippen LogP contribution in [0.4, 0.5) is 10.2 Å². The van der Waals surface area contributed by atoms with Gasteiger partial charge in [-0.05, 0) is 43.7 Å². The minimum atomic E-state index is -0.611. The molecule has 4 rings (SSSR count). The number of carbonyl (C=O) groups excluding carboxylic acids is 2. The summed E-state index contributed by atoms with van der Waals surface area (Å²) in [6.07, 6.45) is 3.32. The van der Waals surface area contributed by atoms with Gasteiger partial charge in [-0.2, -0.15) is 0 Å². The fraction of sp³-hybridized carbons (Fsp3) is 0.360. The molecule has 1 N–H and O–H groups in total. The lowest BCUT2D eigenvalue weighted by atomic mass is 10.0. The topological polar surface area (TPSA) is 98.6 Å². The standard InChI is InChI=1S/C25H27ClFN5O4/c1-14(2)29-22-8-19(20(26)9-28-22)21-12-31-11-17(13-35-3)32(24(33)23(31)30-21)10-15-7-16(27)5-6-18(15)25(34)36-4/h5-9,12,14,17H,10-11,13H2,1-4H3,(H,28,29)/t17-/m1/s1. The smallest absolute Gasteiger partial charge is 0.338 e. The molecular formula is C25H27ClFN5O4. The summed E-state index contributed by atoms with van der Waals surface area (Å²) in [5, 5.41) is 3.63. The van der Waals surface area contributed by atoms with Gasteiger partial charge in [-0.1, -0.05) is 11.6 Å². The summed E-state index contributed by atoms with van der Waals surface area (Å²) in [6, 6.07) is 5.35. The van der Waals surface area contributed by atoms with Gasteiger partial charge in [0.1, 0.15) is 11.6 Å². The quantitative estimate of drug-likeness (QED) is 0.452. The van der Waals surface area contributed by atoms with Gasteiger partial charge in [-0.25, -0.2) is 19.2 Å². The van der Waals surface area contributed by atoms with Gasteiger partial charge < -0.3 is 24.3 Å². The highest BCUT2D eigenvalue weighted by Crippen LogP contribution is 2.31. The number of hydrogen-bond acceptors (Lipinski definition) is 7. The molecule has 2 aromatic heterocycles. The number of imidazole rings is 1.